The second-order valence-corrected chi connectivity index (χ2v) is 4.91. The fourth-order valence-corrected chi connectivity index (χ4v) is 1.99. The first-order valence-electron chi connectivity index (χ1n) is 7.17. The topological polar surface area (TPSA) is 106 Å². The molecule has 1 saturated heterocycles. The summed E-state index contributed by atoms with van der Waals surface area (Å²) in [5.41, 5.74) is 0.956. The van der Waals surface area contributed by atoms with E-state index in [1.165, 1.54) is 7.11 Å². The van der Waals surface area contributed by atoms with Gasteiger partial charge in [0.1, 0.15) is 12.6 Å². The van der Waals surface area contributed by atoms with E-state index in [2.05, 4.69) is 20.7 Å². The van der Waals surface area contributed by atoms with Crippen molar-refractivity contribution in [2.75, 3.05) is 38.7 Å². The number of carbonyl (C=O) groups excluding carboxylic acids is 3. The molecule has 1 atom stereocenters. The van der Waals surface area contributed by atoms with Crippen LogP contribution in [-0.2, 0) is 19.1 Å². The smallest absolute Gasteiger partial charge is 0.325 e. The Balaban J connectivity index is 1.87. The monoisotopic (exact) mass is 321 g/mol. The molecule has 1 aliphatic rings. The highest BCUT2D eigenvalue weighted by atomic mass is 16.5. The predicted molar refractivity (Wildman–Crippen MR) is 82.0 cm³/mol. The molecule has 1 fully saturated rings. The number of morpholine rings is 1. The van der Waals surface area contributed by atoms with Gasteiger partial charge in [-0.3, -0.25) is 14.4 Å². The zero-order valence-electron chi connectivity index (χ0n) is 12.8. The lowest BCUT2D eigenvalue weighted by molar-refractivity contribution is -0.139. The summed E-state index contributed by atoms with van der Waals surface area (Å²) < 4.78 is 9.67. The van der Waals surface area contributed by atoms with E-state index in [1.54, 1.807) is 24.3 Å². The van der Waals surface area contributed by atoms with E-state index in [0.717, 1.165) is 0 Å². The van der Waals surface area contributed by atoms with E-state index >= 15 is 0 Å². The van der Waals surface area contributed by atoms with Crippen LogP contribution in [0.3, 0.4) is 0 Å². The molecule has 8 nitrogen and oxygen atoms in total. The SMILES string of the molecule is COC(=O)CNC(=O)c1ccc(NC(=O)C2COCCN2)cc1. The molecular formula is C15H19N3O5. The number of ether oxygens (including phenoxy) is 2. The van der Waals surface area contributed by atoms with E-state index in [-0.39, 0.29) is 18.5 Å². The Labute approximate surface area is 133 Å². The number of rotatable bonds is 5. The van der Waals surface area contributed by atoms with Crippen LogP contribution in [0.4, 0.5) is 5.69 Å². The average molecular weight is 321 g/mol. The molecule has 8 heteroatoms. The molecular weight excluding hydrogens is 302 g/mol. The molecule has 1 unspecified atom stereocenters. The van der Waals surface area contributed by atoms with Crippen molar-refractivity contribution in [3.63, 3.8) is 0 Å². The summed E-state index contributed by atoms with van der Waals surface area (Å²) in [5, 5.41) is 8.24. The Morgan fingerprint density at radius 3 is 2.65 bits per heavy atom. The molecule has 0 aromatic heterocycles. The standard InChI is InChI=1S/C15H19N3O5/c1-22-13(19)8-17-14(20)10-2-4-11(5-3-10)18-15(21)12-9-23-7-6-16-12/h2-5,12,16H,6-9H2,1H3,(H,17,20)(H,18,21). The van der Waals surface area contributed by atoms with E-state index < -0.39 is 11.9 Å². The van der Waals surface area contributed by atoms with Gasteiger partial charge in [0.05, 0.1) is 20.3 Å². The highest BCUT2D eigenvalue weighted by Crippen LogP contribution is 2.10. The summed E-state index contributed by atoms with van der Waals surface area (Å²) in [6, 6.07) is 5.98. The molecule has 1 aliphatic heterocycles. The summed E-state index contributed by atoms with van der Waals surface area (Å²) in [5.74, 6) is -1.10. The van der Waals surface area contributed by atoms with Gasteiger partial charge in [0.2, 0.25) is 5.91 Å². The molecule has 0 aliphatic carbocycles. The lowest BCUT2D eigenvalue weighted by atomic mass is 10.2. The summed E-state index contributed by atoms with van der Waals surface area (Å²) >= 11 is 0. The van der Waals surface area contributed by atoms with Gasteiger partial charge in [0, 0.05) is 17.8 Å². The van der Waals surface area contributed by atoms with Gasteiger partial charge >= 0.3 is 5.97 Å². The van der Waals surface area contributed by atoms with E-state index in [1.807, 2.05) is 0 Å². The molecule has 124 valence electrons. The van der Waals surface area contributed by atoms with E-state index in [9.17, 15) is 14.4 Å². The van der Waals surface area contributed by atoms with Gasteiger partial charge in [-0.1, -0.05) is 0 Å². The van der Waals surface area contributed by atoms with Crippen LogP contribution in [-0.4, -0.2) is 57.2 Å². The average Bonchev–Trinajstić information content (AvgIpc) is 2.60. The second-order valence-electron chi connectivity index (χ2n) is 4.91. The van der Waals surface area contributed by atoms with E-state index in [0.29, 0.717) is 31.0 Å². The van der Waals surface area contributed by atoms with Crippen molar-refractivity contribution >= 4 is 23.5 Å². The highest BCUT2D eigenvalue weighted by molar-refractivity contribution is 5.98. The molecule has 0 spiro atoms. The van der Waals surface area contributed by atoms with Gasteiger partial charge in [-0.05, 0) is 24.3 Å². The quantitative estimate of drug-likeness (QED) is 0.632. The van der Waals surface area contributed by atoms with Gasteiger partial charge in [0.15, 0.2) is 0 Å². The van der Waals surface area contributed by atoms with Crippen LogP contribution in [0.5, 0.6) is 0 Å². The molecule has 1 aromatic carbocycles. The molecule has 2 amide bonds. The fraction of sp³-hybridized carbons (Fsp3) is 0.400. The van der Waals surface area contributed by atoms with Gasteiger partial charge in [-0.2, -0.15) is 0 Å². The zero-order valence-corrected chi connectivity index (χ0v) is 12.8. The molecule has 1 aromatic rings. The molecule has 2 rings (SSSR count). The third kappa shape index (κ3) is 5.04. The maximum absolute atomic E-state index is 12.0. The van der Waals surface area contributed by atoms with Crippen LogP contribution in [0.2, 0.25) is 0 Å². The van der Waals surface area contributed by atoms with Gasteiger partial charge in [-0.15, -0.1) is 0 Å². The van der Waals surface area contributed by atoms with Crippen LogP contribution in [0, 0.1) is 0 Å². The minimum Gasteiger partial charge on any atom is -0.468 e. The first-order valence-corrected chi connectivity index (χ1v) is 7.17. The van der Waals surface area contributed by atoms with Crippen molar-refractivity contribution in [3.8, 4) is 0 Å². The third-order valence-corrected chi connectivity index (χ3v) is 3.27. The van der Waals surface area contributed by atoms with Crippen LogP contribution >= 0.6 is 0 Å². The van der Waals surface area contributed by atoms with Gasteiger partial charge < -0.3 is 25.4 Å². The normalized spacial score (nSPS) is 17.2. The number of hydrogen-bond donors (Lipinski definition) is 3. The van der Waals surface area contributed by atoms with Gasteiger partial charge in [0.25, 0.3) is 5.91 Å². The van der Waals surface area contributed by atoms with Crippen LogP contribution in [0.1, 0.15) is 10.4 Å². The Hall–Kier alpha value is -2.45. The Morgan fingerprint density at radius 2 is 2.04 bits per heavy atom. The third-order valence-electron chi connectivity index (χ3n) is 3.27. The van der Waals surface area contributed by atoms with Crippen molar-refractivity contribution in [1.82, 2.24) is 10.6 Å². The number of nitrogens with one attached hydrogen (secondary N) is 3. The molecule has 0 saturated carbocycles. The largest absolute Gasteiger partial charge is 0.468 e. The maximum atomic E-state index is 12.0. The Morgan fingerprint density at radius 1 is 1.30 bits per heavy atom. The number of amides is 2. The molecule has 0 bridgehead atoms. The summed E-state index contributed by atoms with van der Waals surface area (Å²) in [6.07, 6.45) is 0. The number of carbonyl (C=O) groups is 3. The maximum Gasteiger partial charge on any atom is 0.325 e. The molecule has 23 heavy (non-hydrogen) atoms. The zero-order chi connectivity index (χ0) is 16.7. The Bertz CT molecular complexity index is 567. The van der Waals surface area contributed by atoms with Crippen LogP contribution < -0.4 is 16.0 Å². The van der Waals surface area contributed by atoms with Crippen molar-refractivity contribution in [1.29, 1.82) is 0 Å². The van der Waals surface area contributed by atoms with Crippen LogP contribution in [0.15, 0.2) is 24.3 Å². The summed E-state index contributed by atoms with van der Waals surface area (Å²) in [7, 11) is 1.25. The van der Waals surface area contributed by atoms with Crippen molar-refractivity contribution in [3.05, 3.63) is 29.8 Å². The first kappa shape index (κ1) is 16.9. The molecule has 0 radical (unpaired) electrons. The minimum atomic E-state index is -0.524. The Kier molecular flexibility index (Phi) is 6.07. The van der Waals surface area contributed by atoms with Crippen LogP contribution in [0.25, 0.3) is 0 Å². The molecule has 1 heterocycles. The van der Waals surface area contributed by atoms with Crippen molar-refractivity contribution < 1.29 is 23.9 Å². The highest BCUT2D eigenvalue weighted by Gasteiger charge is 2.21. The fourth-order valence-electron chi connectivity index (χ4n) is 1.99. The number of hydrogen-bond acceptors (Lipinski definition) is 6. The molecule has 3 N–H and O–H groups in total. The number of benzene rings is 1. The van der Waals surface area contributed by atoms with Crippen molar-refractivity contribution in [2.24, 2.45) is 0 Å². The van der Waals surface area contributed by atoms with Crippen molar-refractivity contribution in [2.45, 2.75) is 6.04 Å². The summed E-state index contributed by atoms with van der Waals surface area (Å²) in [6.45, 7) is 1.37. The first-order chi connectivity index (χ1) is 11.1. The number of anilines is 1. The second kappa shape index (κ2) is 8.25. The number of methoxy groups -OCH3 is 1. The predicted octanol–water partition coefficient (Wildman–Crippen LogP) is -0.484. The van der Waals surface area contributed by atoms with Gasteiger partial charge in [-0.25, -0.2) is 0 Å². The lowest BCUT2D eigenvalue weighted by Gasteiger charge is -2.22. The summed E-state index contributed by atoms with van der Waals surface area (Å²) in [4.78, 5) is 34.8. The number of esters is 1. The minimum absolute atomic E-state index is 0.187. The lowest BCUT2D eigenvalue weighted by Crippen LogP contribution is -2.48. The van der Waals surface area contributed by atoms with E-state index in [4.69, 9.17) is 4.74 Å².